The van der Waals surface area contributed by atoms with Crippen molar-refractivity contribution in [3.8, 4) is 11.1 Å². The molecule has 0 bridgehead atoms. The van der Waals surface area contributed by atoms with Gasteiger partial charge in [0.05, 0.1) is 11.1 Å². The molecule has 1 aliphatic carbocycles. The molecule has 1 amide bonds. The fourth-order valence-electron chi connectivity index (χ4n) is 4.68. The molecule has 0 atom stereocenters. The van der Waals surface area contributed by atoms with Crippen LogP contribution < -0.4 is 21.3 Å². The van der Waals surface area contributed by atoms with Crippen molar-refractivity contribution in [2.45, 2.75) is 31.6 Å². The molecular formula is C32H34F2N6O2. The SMILES string of the molecule is C=O.CNCCCNc1nc(Nc2cccc(C)c2)ncc1-c1ccc(NC(=O)C2(c3ccc(F)cc3)CC2)c(F)c1. The normalized spacial score (nSPS) is 13.0. The van der Waals surface area contributed by atoms with Crippen LogP contribution in [0.4, 0.5) is 31.9 Å². The number of rotatable bonds is 11. The van der Waals surface area contributed by atoms with E-state index in [0.29, 0.717) is 42.3 Å². The Balaban J connectivity index is 0.00000198. The van der Waals surface area contributed by atoms with E-state index in [9.17, 15) is 9.18 Å². The predicted molar refractivity (Wildman–Crippen MR) is 162 cm³/mol. The van der Waals surface area contributed by atoms with Gasteiger partial charge in [-0.05, 0) is 92.9 Å². The van der Waals surface area contributed by atoms with E-state index in [2.05, 4.69) is 31.2 Å². The topological polar surface area (TPSA) is 108 Å². The van der Waals surface area contributed by atoms with Crippen LogP contribution in [0.15, 0.2) is 72.9 Å². The summed E-state index contributed by atoms with van der Waals surface area (Å²) >= 11 is 0. The molecule has 1 saturated carbocycles. The molecule has 0 saturated heterocycles. The van der Waals surface area contributed by atoms with E-state index < -0.39 is 11.2 Å². The van der Waals surface area contributed by atoms with E-state index in [1.165, 1.54) is 18.2 Å². The molecule has 10 heteroatoms. The highest BCUT2D eigenvalue weighted by atomic mass is 19.1. The van der Waals surface area contributed by atoms with Crippen LogP contribution in [-0.2, 0) is 15.0 Å². The second-order valence-electron chi connectivity index (χ2n) is 10.1. The summed E-state index contributed by atoms with van der Waals surface area (Å²) in [5, 5.41) is 12.4. The number of aryl methyl sites for hydroxylation is 1. The summed E-state index contributed by atoms with van der Waals surface area (Å²) in [5.74, 6) is -0.229. The average Bonchev–Trinajstić information content (AvgIpc) is 3.80. The Labute approximate surface area is 244 Å². The molecule has 3 aromatic carbocycles. The van der Waals surface area contributed by atoms with E-state index in [-0.39, 0.29) is 17.4 Å². The monoisotopic (exact) mass is 572 g/mol. The number of hydrogen-bond donors (Lipinski definition) is 4. The third kappa shape index (κ3) is 7.13. The Bertz CT molecular complexity index is 1530. The van der Waals surface area contributed by atoms with Crippen molar-refractivity contribution >= 4 is 35.8 Å². The van der Waals surface area contributed by atoms with Crippen molar-refractivity contribution in [2.24, 2.45) is 0 Å². The van der Waals surface area contributed by atoms with Crippen molar-refractivity contribution in [2.75, 3.05) is 36.1 Å². The van der Waals surface area contributed by atoms with Crippen LogP contribution in [-0.4, -0.2) is 42.8 Å². The first-order valence-electron chi connectivity index (χ1n) is 13.6. The van der Waals surface area contributed by atoms with E-state index in [0.717, 1.165) is 29.8 Å². The van der Waals surface area contributed by atoms with E-state index in [1.54, 1.807) is 30.5 Å². The van der Waals surface area contributed by atoms with Gasteiger partial charge in [-0.1, -0.05) is 30.3 Å². The molecule has 1 heterocycles. The van der Waals surface area contributed by atoms with E-state index in [4.69, 9.17) is 4.79 Å². The molecule has 0 radical (unpaired) electrons. The van der Waals surface area contributed by atoms with E-state index in [1.807, 2.05) is 45.0 Å². The average molecular weight is 573 g/mol. The Hall–Kier alpha value is -4.70. The zero-order valence-corrected chi connectivity index (χ0v) is 23.6. The second kappa shape index (κ2) is 13.8. The lowest BCUT2D eigenvalue weighted by Crippen LogP contribution is -2.28. The molecule has 4 N–H and O–H groups in total. The number of nitrogens with one attached hydrogen (secondary N) is 4. The lowest BCUT2D eigenvalue weighted by Gasteiger charge is -2.17. The van der Waals surface area contributed by atoms with Crippen LogP contribution in [0.2, 0.25) is 0 Å². The fourth-order valence-corrected chi connectivity index (χ4v) is 4.68. The molecule has 1 aromatic heterocycles. The van der Waals surface area contributed by atoms with Gasteiger partial charge >= 0.3 is 0 Å². The highest BCUT2D eigenvalue weighted by Gasteiger charge is 2.51. The van der Waals surface area contributed by atoms with Crippen molar-refractivity contribution < 1.29 is 18.4 Å². The van der Waals surface area contributed by atoms with Gasteiger partial charge in [-0.2, -0.15) is 4.98 Å². The summed E-state index contributed by atoms with van der Waals surface area (Å²) in [6.45, 7) is 5.51. The Morgan fingerprint density at radius 1 is 1.00 bits per heavy atom. The number of benzene rings is 3. The number of aromatic nitrogens is 2. The van der Waals surface area contributed by atoms with Gasteiger partial charge in [0.25, 0.3) is 0 Å². The molecule has 0 aliphatic heterocycles. The fraction of sp³-hybridized carbons (Fsp3) is 0.250. The Kier molecular flexibility index (Phi) is 9.93. The predicted octanol–water partition coefficient (Wildman–Crippen LogP) is 5.98. The minimum atomic E-state index is -0.753. The standard InChI is InChI=1S/C31H32F2N6O.CH2O/c1-20-5-3-6-24(17-20)37-30-36-19-25(28(39-30)35-16-4-15-34-2)21-7-12-27(26(33)18-21)38-29(40)31(13-14-31)22-8-10-23(32)11-9-22;1-2/h3,5-12,17-19,34H,4,13-16H2,1-2H3,(H,38,40)(H2,35,36,37,39);1H2. The molecule has 42 heavy (non-hydrogen) atoms. The van der Waals surface area contributed by atoms with Gasteiger partial charge < -0.3 is 26.1 Å². The quantitative estimate of drug-likeness (QED) is 0.164. The number of halogens is 2. The smallest absolute Gasteiger partial charge is 0.235 e. The van der Waals surface area contributed by atoms with Crippen LogP contribution in [0.25, 0.3) is 11.1 Å². The molecule has 218 valence electrons. The number of hydrogen-bond acceptors (Lipinski definition) is 7. The molecular weight excluding hydrogens is 538 g/mol. The highest BCUT2D eigenvalue weighted by molar-refractivity contribution is 6.01. The van der Waals surface area contributed by atoms with Gasteiger partial charge in [-0.3, -0.25) is 4.79 Å². The largest absolute Gasteiger partial charge is 0.369 e. The van der Waals surface area contributed by atoms with Crippen molar-refractivity contribution in [1.82, 2.24) is 15.3 Å². The Morgan fingerprint density at radius 2 is 1.76 bits per heavy atom. The third-order valence-electron chi connectivity index (χ3n) is 7.07. The van der Waals surface area contributed by atoms with Gasteiger partial charge in [0, 0.05) is 24.0 Å². The van der Waals surface area contributed by atoms with Gasteiger partial charge in [0.1, 0.15) is 24.2 Å². The third-order valence-corrected chi connectivity index (χ3v) is 7.07. The first kappa shape index (κ1) is 30.3. The Morgan fingerprint density at radius 3 is 2.43 bits per heavy atom. The molecule has 5 rings (SSSR count). The summed E-state index contributed by atoms with van der Waals surface area (Å²) in [7, 11) is 1.90. The van der Waals surface area contributed by atoms with Crippen LogP contribution in [0.1, 0.15) is 30.4 Å². The van der Waals surface area contributed by atoms with Gasteiger partial charge in [0.2, 0.25) is 11.9 Å². The first-order valence-corrected chi connectivity index (χ1v) is 13.6. The van der Waals surface area contributed by atoms with Gasteiger partial charge in [0.15, 0.2) is 0 Å². The number of amides is 1. The molecule has 1 aliphatic rings. The lowest BCUT2D eigenvalue weighted by molar-refractivity contribution is -0.118. The minimum absolute atomic E-state index is 0.0873. The maximum absolute atomic E-state index is 15.3. The maximum atomic E-state index is 15.3. The summed E-state index contributed by atoms with van der Waals surface area (Å²) in [6, 6.07) is 18.5. The summed E-state index contributed by atoms with van der Waals surface area (Å²) in [4.78, 5) is 30.3. The number of nitrogens with zero attached hydrogens (tertiary/aromatic N) is 2. The highest BCUT2D eigenvalue weighted by Crippen LogP contribution is 2.49. The molecule has 0 unspecified atom stereocenters. The summed E-state index contributed by atoms with van der Waals surface area (Å²) in [6.07, 6.45) is 3.79. The zero-order chi connectivity index (χ0) is 30.1. The maximum Gasteiger partial charge on any atom is 0.235 e. The van der Waals surface area contributed by atoms with Crippen LogP contribution in [0.3, 0.4) is 0 Å². The molecule has 0 spiro atoms. The van der Waals surface area contributed by atoms with Gasteiger partial charge in [-0.15, -0.1) is 0 Å². The number of anilines is 4. The van der Waals surface area contributed by atoms with Crippen LogP contribution in [0.5, 0.6) is 0 Å². The zero-order valence-electron chi connectivity index (χ0n) is 23.6. The summed E-state index contributed by atoms with van der Waals surface area (Å²) in [5.41, 5.74) is 3.26. The van der Waals surface area contributed by atoms with Crippen LogP contribution in [0, 0.1) is 18.6 Å². The van der Waals surface area contributed by atoms with Crippen LogP contribution >= 0.6 is 0 Å². The molecule has 8 nitrogen and oxygen atoms in total. The first-order chi connectivity index (χ1) is 20.4. The summed E-state index contributed by atoms with van der Waals surface area (Å²) < 4.78 is 28.7. The van der Waals surface area contributed by atoms with Crippen molar-refractivity contribution in [3.63, 3.8) is 0 Å². The van der Waals surface area contributed by atoms with Gasteiger partial charge in [-0.25, -0.2) is 13.8 Å². The van der Waals surface area contributed by atoms with Crippen molar-refractivity contribution in [1.29, 1.82) is 0 Å². The number of carbonyl (C=O) groups is 2. The second-order valence-corrected chi connectivity index (χ2v) is 10.1. The van der Waals surface area contributed by atoms with Crippen molar-refractivity contribution in [3.05, 3.63) is 95.7 Å². The van der Waals surface area contributed by atoms with E-state index >= 15 is 4.39 Å². The minimum Gasteiger partial charge on any atom is -0.369 e. The molecule has 1 fully saturated rings. The lowest BCUT2D eigenvalue weighted by atomic mass is 9.95. The molecule has 4 aromatic rings. The number of carbonyl (C=O) groups excluding carboxylic acids is 2.